The van der Waals surface area contributed by atoms with E-state index in [2.05, 4.69) is 29.1 Å². The van der Waals surface area contributed by atoms with E-state index >= 15 is 0 Å². The van der Waals surface area contributed by atoms with Gasteiger partial charge >= 0.3 is 0 Å². The van der Waals surface area contributed by atoms with Gasteiger partial charge in [0, 0.05) is 12.0 Å². The van der Waals surface area contributed by atoms with Crippen LogP contribution in [-0.2, 0) is 0 Å². The van der Waals surface area contributed by atoms with Crippen LogP contribution in [0, 0.1) is 5.41 Å². The number of aromatic nitrogens is 2. The number of methoxy groups -OCH3 is 1. The van der Waals surface area contributed by atoms with Gasteiger partial charge in [-0.1, -0.05) is 13.8 Å². The summed E-state index contributed by atoms with van der Waals surface area (Å²) in [4.78, 5) is 8.25. The van der Waals surface area contributed by atoms with Gasteiger partial charge in [0.2, 0.25) is 5.95 Å². The molecule has 0 amide bonds. The molecule has 0 fully saturated rings. The highest BCUT2D eigenvalue weighted by atomic mass is 16.5. The molecule has 0 bridgehead atoms. The molecule has 1 aromatic rings. The van der Waals surface area contributed by atoms with E-state index in [0.717, 1.165) is 12.8 Å². The zero-order chi connectivity index (χ0) is 12.7. The third-order valence-corrected chi connectivity index (χ3v) is 3.32. The Morgan fingerprint density at radius 3 is 2.29 bits per heavy atom. The van der Waals surface area contributed by atoms with Crippen LogP contribution in [0.4, 0.5) is 5.95 Å². The highest BCUT2D eigenvalue weighted by Gasteiger charge is 2.25. The number of rotatable bonds is 7. The molecule has 0 saturated carbocycles. The van der Waals surface area contributed by atoms with E-state index in [1.165, 1.54) is 0 Å². The molecule has 1 heterocycles. The maximum absolute atomic E-state index is 9.44. The lowest BCUT2D eigenvalue weighted by Crippen LogP contribution is -2.32. The summed E-state index contributed by atoms with van der Waals surface area (Å²) in [5.41, 5.74) is -0.0940. The van der Waals surface area contributed by atoms with Crippen LogP contribution in [-0.4, -0.2) is 35.3 Å². The SMILES string of the molecule is CCC(CC)(CO)CNc1ncc(OC)cn1. The second kappa shape index (κ2) is 6.39. The summed E-state index contributed by atoms with van der Waals surface area (Å²) < 4.78 is 4.99. The van der Waals surface area contributed by atoms with Crippen LogP contribution in [0.2, 0.25) is 0 Å². The zero-order valence-corrected chi connectivity index (χ0v) is 10.7. The molecule has 1 rings (SSSR count). The lowest BCUT2D eigenvalue weighted by molar-refractivity contribution is 0.127. The molecule has 0 aliphatic carbocycles. The first-order valence-electron chi connectivity index (χ1n) is 5.90. The molecule has 96 valence electrons. The molecular weight excluding hydrogens is 218 g/mol. The predicted molar refractivity (Wildman–Crippen MR) is 67.2 cm³/mol. The number of nitrogens with one attached hydrogen (secondary N) is 1. The summed E-state index contributed by atoms with van der Waals surface area (Å²) in [6.45, 7) is 5.00. The number of nitrogens with zero attached hydrogens (tertiary/aromatic N) is 2. The molecule has 5 nitrogen and oxygen atoms in total. The van der Waals surface area contributed by atoms with Crippen LogP contribution in [0.15, 0.2) is 12.4 Å². The Kier molecular flexibility index (Phi) is 5.15. The smallest absolute Gasteiger partial charge is 0.222 e. The Morgan fingerprint density at radius 2 is 1.88 bits per heavy atom. The van der Waals surface area contributed by atoms with Crippen molar-refractivity contribution >= 4 is 5.95 Å². The van der Waals surface area contributed by atoms with Crippen molar-refractivity contribution in [3.05, 3.63) is 12.4 Å². The largest absolute Gasteiger partial charge is 0.494 e. The highest BCUT2D eigenvalue weighted by Crippen LogP contribution is 2.25. The van der Waals surface area contributed by atoms with Gasteiger partial charge in [0.1, 0.15) is 0 Å². The number of anilines is 1. The average molecular weight is 239 g/mol. The number of ether oxygens (including phenoxy) is 1. The fourth-order valence-electron chi connectivity index (χ4n) is 1.56. The Balaban J connectivity index is 2.59. The minimum absolute atomic E-state index is 0.0940. The van der Waals surface area contributed by atoms with Gasteiger partial charge in [-0.15, -0.1) is 0 Å². The Hall–Kier alpha value is -1.36. The molecule has 0 radical (unpaired) electrons. The first kappa shape index (κ1) is 13.7. The monoisotopic (exact) mass is 239 g/mol. The topological polar surface area (TPSA) is 67.3 Å². The lowest BCUT2D eigenvalue weighted by Gasteiger charge is -2.29. The third-order valence-electron chi connectivity index (χ3n) is 3.32. The summed E-state index contributed by atoms with van der Waals surface area (Å²) in [6, 6.07) is 0. The maximum Gasteiger partial charge on any atom is 0.222 e. The lowest BCUT2D eigenvalue weighted by atomic mass is 9.83. The Labute approximate surface area is 102 Å². The van der Waals surface area contributed by atoms with Crippen LogP contribution >= 0.6 is 0 Å². The summed E-state index contributed by atoms with van der Waals surface area (Å²) in [6.07, 6.45) is 5.08. The predicted octanol–water partition coefficient (Wildman–Crippen LogP) is 1.70. The molecule has 17 heavy (non-hydrogen) atoms. The van der Waals surface area contributed by atoms with Crippen molar-refractivity contribution in [3.8, 4) is 5.75 Å². The van der Waals surface area contributed by atoms with Crippen LogP contribution in [0.1, 0.15) is 26.7 Å². The van der Waals surface area contributed by atoms with Gasteiger partial charge in [0.15, 0.2) is 5.75 Å². The van der Waals surface area contributed by atoms with Crippen molar-refractivity contribution in [3.63, 3.8) is 0 Å². The second-order valence-electron chi connectivity index (χ2n) is 4.17. The molecule has 0 atom stereocenters. The van der Waals surface area contributed by atoms with Gasteiger partial charge in [-0.2, -0.15) is 0 Å². The Bertz CT molecular complexity index is 315. The van der Waals surface area contributed by atoms with Crippen LogP contribution in [0.5, 0.6) is 5.75 Å². The van der Waals surface area contributed by atoms with Gasteiger partial charge in [-0.25, -0.2) is 9.97 Å². The quantitative estimate of drug-likeness (QED) is 0.758. The summed E-state index contributed by atoms with van der Waals surface area (Å²) in [5, 5.41) is 12.6. The van der Waals surface area contributed by atoms with E-state index in [-0.39, 0.29) is 12.0 Å². The average Bonchev–Trinajstić information content (AvgIpc) is 2.41. The van der Waals surface area contributed by atoms with E-state index in [0.29, 0.717) is 18.2 Å². The first-order valence-corrected chi connectivity index (χ1v) is 5.90. The molecular formula is C12H21N3O2. The molecule has 5 heteroatoms. The van der Waals surface area contributed by atoms with E-state index in [1.54, 1.807) is 19.5 Å². The van der Waals surface area contributed by atoms with Gasteiger partial charge in [0.05, 0.1) is 26.1 Å². The van der Waals surface area contributed by atoms with Gasteiger partial charge < -0.3 is 15.2 Å². The first-order chi connectivity index (χ1) is 8.19. The van der Waals surface area contributed by atoms with Crippen molar-refractivity contribution < 1.29 is 9.84 Å². The van der Waals surface area contributed by atoms with Gasteiger partial charge in [-0.05, 0) is 12.8 Å². The van der Waals surface area contributed by atoms with E-state index < -0.39 is 0 Å². The van der Waals surface area contributed by atoms with Gasteiger partial charge in [0.25, 0.3) is 0 Å². The molecule has 0 aliphatic rings. The van der Waals surface area contributed by atoms with Crippen molar-refractivity contribution in [2.75, 3.05) is 25.6 Å². The normalized spacial score (nSPS) is 11.3. The van der Waals surface area contributed by atoms with Crippen LogP contribution in [0.3, 0.4) is 0 Å². The number of hydrogen-bond acceptors (Lipinski definition) is 5. The fourth-order valence-corrected chi connectivity index (χ4v) is 1.56. The molecule has 0 aromatic carbocycles. The zero-order valence-electron chi connectivity index (χ0n) is 10.7. The van der Waals surface area contributed by atoms with Crippen LogP contribution < -0.4 is 10.1 Å². The van der Waals surface area contributed by atoms with Crippen molar-refractivity contribution in [2.45, 2.75) is 26.7 Å². The number of aliphatic hydroxyl groups excluding tert-OH is 1. The van der Waals surface area contributed by atoms with Crippen LogP contribution in [0.25, 0.3) is 0 Å². The number of hydrogen-bond donors (Lipinski definition) is 2. The molecule has 0 saturated heterocycles. The summed E-state index contributed by atoms with van der Waals surface area (Å²) in [5.74, 6) is 1.19. The standard InChI is InChI=1S/C12H21N3O2/c1-4-12(5-2,9-16)8-15-11-13-6-10(17-3)7-14-11/h6-7,16H,4-5,8-9H2,1-3H3,(H,13,14,15). The third kappa shape index (κ3) is 3.56. The molecule has 0 spiro atoms. The minimum Gasteiger partial charge on any atom is -0.494 e. The van der Waals surface area contributed by atoms with Crippen molar-refractivity contribution in [1.29, 1.82) is 0 Å². The van der Waals surface area contributed by atoms with Crippen molar-refractivity contribution in [1.82, 2.24) is 9.97 Å². The molecule has 0 aliphatic heterocycles. The van der Waals surface area contributed by atoms with E-state index in [1.807, 2.05) is 0 Å². The van der Waals surface area contributed by atoms with E-state index in [4.69, 9.17) is 4.74 Å². The fraction of sp³-hybridized carbons (Fsp3) is 0.667. The summed E-state index contributed by atoms with van der Waals surface area (Å²) in [7, 11) is 1.58. The molecule has 1 aromatic heterocycles. The maximum atomic E-state index is 9.44. The van der Waals surface area contributed by atoms with Gasteiger partial charge in [-0.3, -0.25) is 0 Å². The van der Waals surface area contributed by atoms with Crippen molar-refractivity contribution in [2.24, 2.45) is 5.41 Å². The minimum atomic E-state index is -0.0940. The highest BCUT2D eigenvalue weighted by molar-refractivity contribution is 5.27. The summed E-state index contributed by atoms with van der Waals surface area (Å²) >= 11 is 0. The Morgan fingerprint density at radius 1 is 1.29 bits per heavy atom. The molecule has 2 N–H and O–H groups in total. The molecule has 0 unspecified atom stereocenters. The van der Waals surface area contributed by atoms with E-state index in [9.17, 15) is 5.11 Å². The second-order valence-corrected chi connectivity index (χ2v) is 4.17. The number of aliphatic hydroxyl groups is 1.